The molecule has 2 aliphatic heterocycles. The number of halogens is 1. The fourth-order valence-electron chi connectivity index (χ4n) is 3.20. The molecule has 0 aromatic heterocycles. The Morgan fingerprint density at radius 2 is 2.16 bits per heavy atom. The van der Waals surface area contributed by atoms with Crippen LogP contribution in [0, 0.1) is 0 Å². The number of nitrogens with one attached hydrogen (secondary N) is 1. The van der Waals surface area contributed by atoms with Gasteiger partial charge >= 0.3 is 6.03 Å². The minimum Gasteiger partial charge on any atom is -0.487 e. The van der Waals surface area contributed by atoms with Crippen LogP contribution in [0.1, 0.15) is 13.3 Å². The van der Waals surface area contributed by atoms with Gasteiger partial charge in [0.05, 0.1) is 26.3 Å². The Labute approximate surface area is 154 Å². The molecule has 2 fully saturated rings. The van der Waals surface area contributed by atoms with Gasteiger partial charge in [-0.1, -0.05) is 24.6 Å². The molecule has 1 atom stereocenters. The number of rotatable bonds is 6. The van der Waals surface area contributed by atoms with E-state index in [1.807, 2.05) is 18.2 Å². The van der Waals surface area contributed by atoms with Gasteiger partial charge in [-0.2, -0.15) is 0 Å². The zero-order valence-electron chi connectivity index (χ0n) is 14.6. The topological polar surface area (TPSA) is 54.0 Å². The summed E-state index contributed by atoms with van der Waals surface area (Å²) < 4.78 is 11.2. The lowest BCUT2D eigenvalue weighted by Gasteiger charge is -2.39. The molecule has 7 heteroatoms. The summed E-state index contributed by atoms with van der Waals surface area (Å²) in [6.07, 6.45) is 1.05. The lowest BCUT2D eigenvalue weighted by molar-refractivity contribution is 0.0147. The molecule has 1 aromatic rings. The van der Waals surface area contributed by atoms with Gasteiger partial charge in [-0.25, -0.2) is 4.79 Å². The van der Waals surface area contributed by atoms with Crippen LogP contribution in [0.25, 0.3) is 0 Å². The van der Waals surface area contributed by atoms with Crippen LogP contribution in [0.2, 0.25) is 5.02 Å². The van der Waals surface area contributed by atoms with Crippen molar-refractivity contribution in [2.75, 3.05) is 45.9 Å². The number of urea groups is 1. The maximum absolute atomic E-state index is 12.3. The smallest absolute Gasteiger partial charge is 0.317 e. The Balaban J connectivity index is 1.38. The first-order valence-electron chi connectivity index (χ1n) is 8.92. The molecule has 0 aliphatic carbocycles. The Bertz CT molecular complexity index is 574. The van der Waals surface area contributed by atoms with Gasteiger partial charge in [-0.05, 0) is 24.6 Å². The summed E-state index contributed by atoms with van der Waals surface area (Å²) in [6, 6.07) is 7.69. The first kappa shape index (κ1) is 18.3. The number of carbonyl (C=O) groups is 1. The number of morpholine rings is 1. The van der Waals surface area contributed by atoms with Crippen LogP contribution in [-0.2, 0) is 4.74 Å². The zero-order valence-corrected chi connectivity index (χ0v) is 15.4. The SMILES string of the molecule is CC[C@@H](CNC(=O)N1CC(Oc2cccc(Cl)c2)C1)N1CCOCC1. The van der Waals surface area contributed by atoms with Crippen molar-refractivity contribution >= 4 is 17.6 Å². The fourth-order valence-corrected chi connectivity index (χ4v) is 3.38. The van der Waals surface area contributed by atoms with E-state index in [9.17, 15) is 4.79 Å². The van der Waals surface area contributed by atoms with Crippen LogP contribution in [0.4, 0.5) is 4.79 Å². The van der Waals surface area contributed by atoms with Gasteiger partial charge < -0.3 is 19.7 Å². The summed E-state index contributed by atoms with van der Waals surface area (Å²) >= 11 is 5.95. The molecular weight excluding hydrogens is 342 g/mol. The Morgan fingerprint density at radius 3 is 2.84 bits per heavy atom. The number of nitrogens with zero attached hydrogens (tertiary/aromatic N) is 2. The van der Waals surface area contributed by atoms with Crippen LogP contribution in [0.5, 0.6) is 5.75 Å². The van der Waals surface area contributed by atoms with Crippen molar-refractivity contribution in [3.05, 3.63) is 29.3 Å². The number of benzene rings is 1. The molecule has 6 nitrogen and oxygen atoms in total. The molecule has 1 aromatic carbocycles. The molecule has 0 bridgehead atoms. The largest absolute Gasteiger partial charge is 0.487 e. The van der Waals surface area contributed by atoms with Crippen LogP contribution >= 0.6 is 11.6 Å². The van der Waals surface area contributed by atoms with Gasteiger partial charge in [-0.3, -0.25) is 4.90 Å². The highest BCUT2D eigenvalue weighted by Gasteiger charge is 2.32. The molecule has 0 unspecified atom stereocenters. The molecule has 2 saturated heterocycles. The molecule has 3 rings (SSSR count). The molecule has 0 radical (unpaired) electrons. The van der Waals surface area contributed by atoms with Gasteiger partial charge in [0.15, 0.2) is 0 Å². The second kappa shape index (κ2) is 8.74. The highest BCUT2D eigenvalue weighted by Crippen LogP contribution is 2.21. The number of hydrogen-bond acceptors (Lipinski definition) is 4. The first-order chi connectivity index (χ1) is 12.2. The van der Waals surface area contributed by atoms with Crippen molar-refractivity contribution in [1.82, 2.24) is 15.1 Å². The zero-order chi connectivity index (χ0) is 17.6. The normalized spacial score (nSPS) is 20.0. The quantitative estimate of drug-likeness (QED) is 0.837. The standard InChI is InChI=1S/C18H26ClN3O3/c1-2-15(21-6-8-24-9-7-21)11-20-18(23)22-12-17(13-22)25-16-5-3-4-14(19)10-16/h3-5,10,15,17H,2,6-9,11-13H2,1H3,(H,20,23)/t15-/m0/s1. The van der Waals surface area contributed by atoms with Crippen molar-refractivity contribution in [2.45, 2.75) is 25.5 Å². The highest BCUT2D eigenvalue weighted by molar-refractivity contribution is 6.30. The average molecular weight is 368 g/mol. The van der Waals surface area contributed by atoms with Crippen LogP contribution in [-0.4, -0.2) is 73.9 Å². The van der Waals surface area contributed by atoms with E-state index >= 15 is 0 Å². The van der Waals surface area contributed by atoms with Gasteiger partial charge in [0.1, 0.15) is 11.9 Å². The lowest BCUT2D eigenvalue weighted by atomic mass is 10.1. The van der Waals surface area contributed by atoms with E-state index in [1.54, 1.807) is 11.0 Å². The molecule has 2 heterocycles. The first-order valence-corrected chi connectivity index (χ1v) is 9.30. The summed E-state index contributed by atoms with van der Waals surface area (Å²) in [7, 11) is 0. The second-order valence-corrected chi connectivity index (χ2v) is 6.94. The van der Waals surface area contributed by atoms with Crippen molar-refractivity contribution in [1.29, 1.82) is 0 Å². The third-order valence-electron chi connectivity index (χ3n) is 4.76. The number of amides is 2. The molecule has 1 N–H and O–H groups in total. The average Bonchev–Trinajstić information content (AvgIpc) is 2.59. The van der Waals surface area contributed by atoms with E-state index in [-0.39, 0.29) is 12.1 Å². The van der Waals surface area contributed by atoms with E-state index < -0.39 is 0 Å². The van der Waals surface area contributed by atoms with Crippen LogP contribution in [0.3, 0.4) is 0 Å². The van der Waals surface area contributed by atoms with E-state index in [2.05, 4.69) is 17.1 Å². The Kier molecular flexibility index (Phi) is 6.39. The predicted molar refractivity (Wildman–Crippen MR) is 97.3 cm³/mol. The number of hydrogen-bond donors (Lipinski definition) is 1. The van der Waals surface area contributed by atoms with E-state index in [0.717, 1.165) is 38.5 Å². The summed E-state index contributed by atoms with van der Waals surface area (Å²) in [5.74, 6) is 0.746. The van der Waals surface area contributed by atoms with Gasteiger partial charge in [0.25, 0.3) is 0 Å². The minimum atomic E-state index is -0.0161. The van der Waals surface area contributed by atoms with Crippen molar-refractivity contribution < 1.29 is 14.3 Å². The monoisotopic (exact) mass is 367 g/mol. The maximum atomic E-state index is 12.3. The molecule has 2 aliphatic rings. The van der Waals surface area contributed by atoms with Crippen molar-refractivity contribution in [3.8, 4) is 5.75 Å². The van der Waals surface area contributed by atoms with E-state index in [1.165, 1.54) is 0 Å². The summed E-state index contributed by atoms with van der Waals surface area (Å²) in [6.45, 7) is 7.47. The molecule has 25 heavy (non-hydrogen) atoms. The summed E-state index contributed by atoms with van der Waals surface area (Å²) in [5, 5.41) is 3.71. The van der Waals surface area contributed by atoms with E-state index in [0.29, 0.717) is 30.7 Å². The van der Waals surface area contributed by atoms with Crippen molar-refractivity contribution in [2.24, 2.45) is 0 Å². The van der Waals surface area contributed by atoms with Gasteiger partial charge in [0.2, 0.25) is 0 Å². The second-order valence-electron chi connectivity index (χ2n) is 6.50. The minimum absolute atomic E-state index is 0.0161. The summed E-state index contributed by atoms with van der Waals surface area (Å²) in [5.41, 5.74) is 0. The fraction of sp³-hybridized carbons (Fsp3) is 0.611. The summed E-state index contributed by atoms with van der Waals surface area (Å²) in [4.78, 5) is 16.4. The molecule has 138 valence electrons. The number of carbonyl (C=O) groups excluding carboxylic acids is 1. The third-order valence-corrected chi connectivity index (χ3v) is 4.99. The number of ether oxygens (including phenoxy) is 2. The predicted octanol–water partition coefficient (Wildman–Crippen LogP) is 2.22. The van der Waals surface area contributed by atoms with Gasteiger partial charge in [0, 0.05) is 30.7 Å². The number of likely N-dealkylation sites (tertiary alicyclic amines) is 1. The van der Waals surface area contributed by atoms with Crippen molar-refractivity contribution in [3.63, 3.8) is 0 Å². The third kappa shape index (κ3) is 5.00. The molecule has 2 amide bonds. The Hall–Kier alpha value is -1.50. The van der Waals surface area contributed by atoms with E-state index in [4.69, 9.17) is 21.1 Å². The maximum Gasteiger partial charge on any atom is 0.317 e. The Morgan fingerprint density at radius 1 is 1.40 bits per heavy atom. The van der Waals surface area contributed by atoms with Crippen LogP contribution in [0.15, 0.2) is 24.3 Å². The van der Waals surface area contributed by atoms with Gasteiger partial charge in [-0.15, -0.1) is 0 Å². The molecular formula is C18H26ClN3O3. The molecule has 0 spiro atoms. The lowest BCUT2D eigenvalue weighted by Crippen LogP contribution is -2.60. The van der Waals surface area contributed by atoms with Crippen LogP contribution < -0.4 is 10.1 Å². The molecule has 0 saturated carbocycles. The highest BCUT2D eigenvalue weighted by atomic mass is 35.5.